The van der Waals surface area contributed by atoms with Gasteiger partial charge in [-0.15, -0.1) is 0 Å². The van der Waals surface area contributed by atoms with Crippen LogP contribution in [0.15, 0.2) is 48.5 Å². The Morgan fingerprint density at radius 1 is 1.14 bits per heavy atom. The Kier molecular flexibility index (Phi) is 7.43. The molecule has 0 saturated carbocycles. The Balaban J connectivity index is 1.60. The van der Waals surface area contributed by atoms with Crippen LogP contribution in [0, 0.1) is 5.82 Å². The van der Waals surface area contributed by atoms with E-state index in [0.29, 0.717) is 25.5 Å². The lowest BCUT2D eigenvalue weighted by molar-refractivity contribution is -0.123. The summed E-state index contributed by atoms with van der Waals surface area (Å²) >= 11 is 0. The fraction of sp³-hybridized carbons (Fsp3) is 0.409. The molecule has 2 aromatic rings. The highest BCUT2D eigenvalue weighted by atomic mass is 19.1. The van der Waals surface area contributed by atoms with Crippen molar-refractivity contribution in [2.24, 2.45) is 0 Å². The minimum absolute atomic E-state index is 0.0601. The first-order valence-electron chi connectivity index (χ1n) is 9.77. The number of benzene rings is 2. The number of halogens is 1. The van der Waals surface area contributed by atoms with Crippen molar-refractivity contribution in [2.75, 3.05) is 58.5 Å². The number of hydrogen-bond donors (Lipinski definition) is 1. The molecule has 156 valence electrons. The van der Waals surface area contributed by atoms with Crippen molar-refractivity contribution in [1.82, 2.24) is 10.2 Å². The Labute approximate surface area is 171 Å². The van der Waals surface area contributed by atoms with Gasteiger partial charge in [0.1, 0.15) is 11.6 Å². The zero-order chi connectivity index (χ0) is 20.6. The second kappa shape index (κ2) is 10.2. The van der Waals surface area contributed by atoms with Crippen LogP contribution in [0.25, 0.3) is 0 Å². The van der Waals surface area contributed by atoms with Crippen LogP contribution in [0.1, 0.15) is 11.6 Å². The molecule has 1 amide bonds. The molecule has 1 unspecified atom stereocenters. The van der Waals surface area contributed by atoms with E-state index in [9.17, 15) is 9.18 Å². The molecule has 2 aromatic carbocycles. The average molecular weight is 401 g/mol. The minimum atomic E-state index is -0.338. The molecule has 1 aliphatic heterocycles. The molecule has 6 nitrogen and oxygen atoms in total. The van der Waals surface area contributed by atoms with Gasteiger partial charge < -0.3 is 19.7 Å². The SMILES string of the molecule is CN(C)c1ccc(C(CNC(=O)COc2ccc(F)cc2)N2CCOCC2)cc1. The summed E-state index contributed by atoms with van der Waals surface area (Å²) in [6.07, 6.45) is 0. The molecule has 1 N–H and O–H groups in total. The molecule has 3 rings (SSSR count). The number of nitrogens with zero attached hydrogens (tertiary/aromatic N) is 2. The third kappa shape index (κ3) is 6.17. The van der Waals surface area contributed by atoms with Crippen LogP contribution in [0.4, 0.5) is 10.1 Å². The quantitative estimate of drug-likeness (QED) is 0.737. The smallest absolute Gasteiger partial charge is 0.258 e. The van der Waals surface area contributed by atoms with Crippen LogP contribution in [0.3, 0.4) is 0 Å². The zero-order valence-corrected chi connectivity index (χ0v) is 16.9. The van der Waals surface area contributed by atoms with Crippen LogP contribution in [0.2, 0.25) is 0 Å². The summed E-state index contributed by atoms with van der Waals surface area (Å²) in [7, 11) is 4.02. The summed E-state index contributed by atoms with van der Waals surface area (Å²) in [5.41, 5.74) is 2.28. The maximum Gasteiger partial charge on any atom is 0.258 e. The van der Waals surface area contributed by atoms with Crippen LogP contribution in [0.5, 0.6) is 5.75 Å². The van der Waals surface area contributed by atoms with E-state index in [1.54, 1.807) is 0 Å². The van der Waals surface area contributed by atoms with E-state index in [1.165, 1.54) is 24.3 Å². The summed E-state index contributed by atoms with van der Waals surface area (Å²) in [6.45, 7) is 3.39. The molecule has 29 heavy (non-hydrogen) atoms. The lowest BCUT2D eigenvalue weighted by Crippen LogP contribution is -2.44. The van der Waals surface area contributed by atoms with E-state index < -0.39 is 0 Å². The molecule has 0 spiro atoms. The third-order valence-corrected chi connectivity index (χ3v) is 4.96. The predicted octanol–water partition coefficient (Wildman–Crippen LogP) is 2.46. The van der Waals surface area contributed by atoms with Gasteiger partial charge in [0, 0.05) is 39.4 Å². The van der Waals surface area contributed by atoms with Crippen LogP contribution in [-0.4, -0.2) is 64.4 Å². The first kappa shape index (κ1) is 21.1. The van der Waals surface area contributed by atoms with Gasteiger partial charge in [0.2, 0.25) is 0 Å². The van der Waals surface area contributed by atoms with Crippen molar-refractivity contribution < 1.29 is 18.7 Å². The van der Waals surface area contributed by atoms with Crippen LogP contribution in [-0.2, 0) is 9.53 Å². The largest absolute Gasteiger partial charge is 0.484 e. The van der Waals surface area contributed by atoms with Crippen molar-refractivity contribution >= 4 is 11.6 Å². The van der Waals surface area contributed by atoms with Crippen molar-refractivity contribution in [2.45, 2.75) is 6.04 Å². The van der Waals surface area contributed by atoms with Crippen molar-refractivity contribution in [3.05, 3.63) is 59.9 Å². The van der Waals surface area contributed by atoms with E-state index in [2.05, 4.69) is 39.4 Å². The standard InChI is InChI=1S/C22H28FN3O3/c1-25(2)19-7-3-17(4-8-19)21(26-11-13-28-14-12-26)15-24-22(27)16-29-20-9-5-18(23)6-10-20/h3-10,21H,11-16H2,1-2H3,(H,24,27). The van der Waals surface area contributed by atoms with Crippen molar-refractivity contribution in [1.29, 1.82) is 0 Å². The lowest BCUT2D eigenvalue weighted by Gasteiger charge is -2.35. The van der Waals surface area contributed by atoms with Gasteiger partial charge in [0.05, 0.1) is 19.3 Å². The molecular formula is C22H28FN3O3. The molecule has 0 radical (unpaired) electrons. The molecule has 1 atom stereocenters. The first-order chi connectivity index (χ1) is 14.0. The Morgan fingerprint density at radius 2 is 1.79 bits per heavy atom. The number of carbonyl (C=O) groups excluding carboxylic acids is 1. The van der Waals surface area contributed by atoms with Gasteiger partial charge in [-0.2, -0.15) is 0 Å². The number of amides is 1. The van der Waals surface area contributed by atoms with E-state index in [1.807, 2.05) is 14.1 Å². The topological polar surface area (TPSA) is 54.0 Å². The van der Waals surface area contributed by atoms with E-state index in [4.69, 9.17) is 9.47 Å². The fourth-order valence-electron chi connectivity index (χ4n) is 3.28. The molecule has 1 saturated heterocycles. The summed E-state index contributed by atoms with van der Waals surface area (Å²) in [5.74, 6) is -0.0847. The van der Waals surface area contributed by atoms with Crippen molar-refractivity contribution in [3.8, 4) is 5.75 Å². The fourth-order valence-corrected chi connectivity index (χ4v) is 3.28. The van der Waals surface area contributed by atoms with Crippen molar-refractivity contribution in [3.63, 3.8) is 0 Å². The number of anilines is 1. The van der Waals surface area contributed by atoms with Gasteiger partial charge >= 0.3 is 0 Å². The molecule has 1 fully saturated rings. The second-order valence-electron chi connectivity index (χ2n) is 7.20. The van der Waals surface area contributed by atoms with E-state index >= 15 is 0 Å². The summed E-state index contributed by atoms with van der Waals surface area (Å²) in [4.78, 5) is 16.7. The van der Waals surface area contributed by atoms with Gasteiger partial charge in [0.25, 0.3) is 5.91 Å². The second-order valence-corrected chi connectivity index (χ2v) is 7.20. The van der Waals surface area contributed by atoms with Gasteiger partial charge in [-0.05, 0) is 42.0 Å². The monoisotopic (exact) mass is 401 g/mol. The number of nitrogens with one attached hydrogen (secondary N) is 1. The molecule has 0 aromatic heterocycles. The normalized spacial score (nSPS) is 15.6. The Hall–Kier alpha value is -2.64. The molecule has 0 aliphatic carbocycles. The first-order valence-corrected chi connectivity index (χ1v) is 9.77. The predicted molar refractivity (Wildman–Crippen MR) is 111 cm³/mol. The summed E-state index contributed by atoms with van der Waals surface area (Å²) in [6, 6.07) is 14.1. The summed E-state index contributed by atoms with van der Waals surface area (Å²) in [5, 5.41) is 2.97. The van der Waals surface area contributed by atoms with Crippen LogP contribution >= 0.6 is 0 Å². The molecule has 1 aliphatic rings. The number of carbonyl (C=O) groups is 1. The summed E-state index contributed by atoms with van der Waals surface area (Å²) < 4.78 is 23.9. The number of ether oxygens (including phenoxy) is 2. The highest BCUT2D eigenvalue weighted by molar-refractivity contribution is 5.77. The molecule has 0 bridgehead atoms. The number of rotatable bonds is 8. The number of morpholine rings is 1. The van der Waals surface area contributed by atoms with Gasteiger partial charge in [-0.25, -0.2) is 4.39 Å². The maximum atomic E-state index is 13.0. The Morgan fingerprint density at radius 3 is 2.41 bits per heavy atom. The average Bonchev–Trinajstić information content (AvgIpc) is 2.74. The van der Waals surface area contributed by atoms with E-state index in [0.717, 1.165) is 24.3 Å². The highest BCUT2D eigenvalue weighted by Gasteiger charge is 2.23. The molecular weight excluding hydrogens is 373 g/mol. The van der Waals surface area contributed by atoms with Gasteiger partial charge in [0.15, 0.2) is 6.61 Å². The molecule has 1 heterocycles. The maximum absolute atomic E-state index is 13.0. The minimum Gasteiger partial charge on any atom is -0.484 e. The van der Waals surface area contributed by atoms with Crippen LogP contribution < -0.4 is 15.0 Å². The third-order valence-electron chi connectivity index (χ3n) is 4.96. The van der Waals surface area contributed by atoms with Gasteiger partial charge in [-0.1, -0.05) is 12.1 Å². The molecule has 7 heteroatoms. The van der Waals surface area contributed by atoms with E-state index in [-0.39, 0.29) is 24.4 Å². The van der Waals surface area contributed by atoms with Gasteiger partial charge in [-0.3, -0.25) is 9.69 Å². The lowest BCUT2D eigenvalue weighted by atomic mass is 10.0. The Bertz CT molecular complexity index is 775. The zero-order valence-electron chi connectivity index (χ0n) is 16.9. The number of hydrogen-bond acceptors (Lipinski definition) is 5. The highest BCUT2D eigenvalue weighted by Crippen LogP contribution is 2.23.